The number of fused-ring (bicyclic) bond motifs is 4. The van der Waals surface area contributed by atoms with Gasteiger partial charge in [0.1, 0.15) is 0 Å². The van der Waals surface area contributed by atoms with Crippen LogP contribution in [0.2, 0.25) is 0 Å². The molecular formula is C55H42N2. The van der Waals surface area contributed by atoms with Gasteiger partial charge >= 0.3 is 0 Å². The minimum absolute atomic E-state index is 0.124. The second kappa shape index (κ2) is 14.2. The van der Waals surface area contributed by atoms with Gasteiger partial charge in [0.25, 0.3) is 0 Å². The minimum Gasteiger partial charge on any atom is -0.310 e. The van der Waals surface area contributed by atoms with Gasteiger partial charge in [-0.1, -0.05) is 178 Å². The summed E-state index contributed by atoms with van der Waals surface area (Å²) in [4.78, 5) is 4.87. The Morgan fingerprint density at radius 1 is 0.333 bits per heavy atom. The molecule has 0 N–H and O–H groups in total. The van der Waals surface area contributed by atoms with Gasteiger partial charge in [-0.2, -0.15) is 0 Å². The third kappa shape index (κ3) is 5.98. The third-order valence-corrected chi connectivity index (χ3v) is 11.6. The summed E-state index contributed by atoms with van der Waals surface area (Å²) in [5.41, 5.74) is 16.6. The molecule has 0 aromatic heterocycles. The maximum atomic E-state index is 2.46. The average Bonchev–Trinajstić information content (AvgIpc) is 3.51. The van der Waals surface area contributed by atoms with Gasteiger partial charge in [0.05, 0.1) is 11.4 Å². The molecule has 1 aliphatic carbocycles. The Balaban J connectivity index is 1.20. The van der Waals surface area contributed by atoms with Gasteiger partial charge in [-0.3, -0.25) is 0 Å². The van der Waals surface area contributed by atoms with Gasteiger partial charge < -0.3 is 9.80 Å². The van der Waals surface area contributed by atoms with Crippen LogP contribution >= 0.6 is 0 Å². The zero-order chi connectivity index (χ0) is 38.3. The van der Waals surface area contributed by atoms with Crippen molar-refractivity contribution in [3.8, 4) is 33.4 Å². The summed E-state index contributed by atoms with van der Waals surface area (Å²) in [5.74, 6) is 0. The summed E-state index contributed by atoms with van der Waals surface area (Å²) < 4.78 is 0. The van der Waals surface area contributed by atoms with Crippen molar-refractivity contribution < 1.29 is 0 Å². The lowest BCUT2D eigenvalue weighted by molar-refractivity contribution is 0.660. The highest BCUT2D eigenvalue weighted by Crippen LogP contribution is 2.54. The molecule has 1 aliphatic rings. The summed E-state index contributed by atoms with van der Waals surface area (Å²) >= 11 is 0. The third-order valence-electron chi connectivity index (χ3n) is 11.6. The first-order valence-electron chi connectivity index (χ1n) is 19.8. The molecule has 0 saturated heterocycles. The average molecular weight is 731 g/mol. The predicted octanol–water partition coefficient (Wildman–Crippen LogP) is 15.4. The molecule has 0 fully saturated rings. The quantitative estimate of drug-likeness (QED) is 0.154. The van der Waals surface area contributed by atoms with E-state index in [0.717, 1.165) is 34.1 Å². The molecule has 0 aliphatic heterocycles. The molecule has 9 aromatic rings. The molecule has 0 bridgehead atoms. The number of anilines is 6. The Hall–Kier alpha value is -7.16. The second-order valence-corrected chi connectivity index (χ2v) is 15.4. The lowest BCUT2D eigenvalue weighted by Crippen LogP contribution is -2.16. The van der Waals surface area contributed by atoms with Crippen LogP contribution < -0.4 is 9.80 Å². The molecule has 0 saturated carbocycles. The Bertz CT molecular complexity index is 2860. The Morgan fingerprint density at radius 3 is 1.56 bits per heavy atom. The maximum Gasteiger partial charge on any atom is 0.0546 e. The molecule has 10 rings (SSSR count). The van der Waals surface area contributed by atoms with Crippen LogP contribution in [0.25, 0.3) is 44.2 Å². The molecule has 2 nitrogen and oxygen atoms in total. The van der Waals surface area contributed by atoms with Crippen molar-refractivity contribution in [1.82, 2.24) is 0 Å². The summed E-state index contributed by atoms with van der Waals surface area (Å²) in [5, 5.41) is 2.44. The zero-order valence-corrected chi connectivity index (χ0v) is 32.2. The van der Waals surface area contributed by atoms with E-state index in [1.54, 1.807) is 0 Å². The van der Waals surface area contributed by atoms with Crippen LogP contribution in [0.1, 0.15) is 25.0 Å². The van der Waals surface area contributed by atoms with E-state index in [1.165, 1.54) is 55.3 Å². The number of rotatable bonds is 8. The van der Waals surface area contributed by atoms with Crippen LogP contribution in [-0.4, -0.2) is 0 Å². The van der Waals surface area contributed by atoms with E-state index in [-0.39, 0.29) is 5.41 Å². The zero-order valence-electron chi connectivity index (χ0n) is 32.2. The van der Waals surface area contributed by atoms with Crippen molar-refractivity contribution >= 4 is 44.9 Å². The molecular weight excluding hydrogens is 689 g/mol. The first-order valence-corrected chi connectivity index (χ1v) is 19.8. The van der Waals surface area contributed by atoms with Crippen molar-refractivity contribution in [1.29, 1.82) is 0 Å². The van der Waals surface area contributed by atoms with Crippen LogP contribution in [0.3, 0.4) is 0 Å². The molecule has 0 atom stereocenters. The first-order chi connectivity index (χ1) is 28.1. The summed E-state index contributed by atoms with van der Waals surface area (Å²) in [7, 11) is 0. The van der Waals surface area contributed by atoms with Gasteiger partial charge in [0.2, 0.25) is 0 Å². The SMILES string of the molecule is CC1(C)c2ccccc2-c2c(N(c3ccc(-c4ccccc4)cc3)c3cccc(N(c4ccccc4)c4ccc5ccccc5c4-c4ccccc4)c3)cccc21. The molecule has 0 radical (unpaired) electrons. The smallest absolute Gasteiger partial charge is 0.0546 e. The number of hydrogen-bond acceptors (Lipinski definition) is 2. The molecule has 0 heterocycles. The number of para-hydroxylation sites is 1. The van der Waals surface area contributed by atoms with E-state index in [2.05, 4.69) is 242 Å². The van der Waals surface area contributed by atoms with Gasteiger partial charge in [0.15, 0.2) is 0 Å². The van der Waals surface area contributed by atoms with Crippen molar-refractivity contribution in [2.75, 3.05) is 9.80 Å². The van der Waals surface area contributed by atoms with Crippen LogP contribution in [0, 0.1) is 0 Å². The number of nitrogens with zero attached hydrogens (tertiary/aromatic N) is 2. The van der Waals surface area contributed by atoms with Crippen molar-refractivity contribution in [2.24, 2.45) is 0 Å². The molecule has 0 spiro atoms. The highest BCUT2D eigenvalue weighted by Gasteiger charge is 2.37. The van der Waals surface area contributed by atoms with E-state index < -0.39 is 0 Å². The van der Waals surface area contributed by atoms with Gasteiger partial charge in [-0.15, -0.1) is 0 Å². The molecule has 2 heteroatoms. The van der Waals surface area contributed by atoms with E-state index >= 15 is 0 Å². The minimum atomic E-state index is -0.124. The molecule has 0 amide bonds. The van der Waals surface area contributed by atoms with Crippen LogP contribution in [0.4, 0.5) is 34.1 Å². The standard InChI is InChI=1S/C55H42N2/c1-55(2)49-29-15-14-28-48(49)54-50(55)30-17-31-51(54)57(44-35-32-40(33-36-44)39-18-6-3-7-19-39)46-26-16-25-45(38-46)56(43-23-10-5-11-24-43)52-37-34-41-20-12-13-27-47(41)53(52)42-21-8-4-9-22-42/h3-38H,1-2H3. The molecule has 0 unspecified atom stereocenters. The summed E-state index contributed by atoms with van der Waals surface area (Å²) in [6.45, 7) is 4.71. The number of hydrogen-bond donors (Lipinski definition) is 0. The van der Waals surface area contributed by atoms with Gasteiger partial charge in [-0.05, 0) is 98.8 Å². The molecule has 272 valence electrons. The maximum absolute atomic E-state index is 2.46. The second-order valence-electron chi connectivity index (χ2n) is 15.4. The normalized spacial score (nSPS) is 12.5. The van der Waals surface area contributed by atoms with Crippen LogP contribution in [-0.2, 0) is 5.41 Å². The van der Waals surface area contributed by atoms with E-state index in [9.17, 15) is 0 Å². The predicted molar refractivity (Wildman–Crippen MR) is 242 cm³/mol. The summed E-state index contributed by atoms with van der Waals surface area (Å²) in [6.07, 6.45) is 0. The lowest BCUT2D eigenvalue weighted by atomic mass is 9.82. The van der Waals surface area contributed by atoms with E-state index in [1.807, 2.05) is 0 Å². The largest absolute Gasteiger partial charge is 0.310 e. The Kier molecular flexibility index (Phi) is 8.53. The van der Waals surface area contributed by atoms with Gasteiger partial charge in [0, 0.05) is 39.3 Å². The van der Waals surface area contributed by atoms with Crippen LogP contribution in [0.5, 0.6) is 0 Å². The topological polar surface area (TPSA) is 6.48 Å². The van der Waals surface area contributed by atoms with E-state index in [4.69, 9.17) is 0 Å². The highest BCUT2D eigenvalue weighted by molar-refractivity contribution is 6.05. The Labute approximate surface area is 335 Å². The highest BCUT2D eigenvalue weighted by atomic mass is 15.2. The lowest BCUT2D eigenvalue weighted by Gasteiger charge is -2.32. The fourth-order valence-electron chi connectivity index (χ4n) is 8.91. The fourth-order valence-corrected chi connectivity index (χ4v) is 8.91. The van der Waals surface area contributed by atoms with Crippen molar-refractivity contribution in [3.63, 3.8) is 0 Å². The fraction of sp³-hybridized carbons (Fsp3) is 0.0545. The van der Waals surface area contributed by atoms with E-state index in [0.29, 0.717) is 0 Å². The molecule has 9 aromatic carbocycles. The summed E-state index contributed by atoms with van der Waals surface area (Å²) in [6, 6.07) is 79.3. The van der Waals surface area contributed by atoms with Gasteiger partial charge in [-0.25, -0.2) is 0 Å². The van der Waals surface area contributed by atoms with Crippen LogP contribution in [0.15, 0.2) is 218 Å². The van der Waals surface area contributed by atoms with Crippen molar-refractivity contribution in [3.05, 3.63) is 230 Å². The Morgan fingerprint density at radius 2 is 0.842 bits per heavy atom. The van der Waals surface area contributed by atoms with Crippen molar-refractivity contribution in [2.45, 2.75) is 19.3 Å². The first kappa shape index (κ1) is 34.3. The molecule has 57 heavy (non-hydrogen) atoms. The number of benzene rings is 9. The monoisotopic (exact) mass is 730 g/mol.